The number of thioether (sulfide) groups is 2. The molecule has 2 rings (SSSR count). The molecular weight excluding hydrogens is 404 g/mol. The van der Waals surface area contributed by atoms with E-state index < -0.39 is 10.8 Å². The average molecular weight is 425 g/mol. The molecule has 0 fully saturated rings. The van der Waals surface area contributed by atoms with E-state index in [1.165, 1.54) is 31.4 Å². The average Bonchev–Trinajstić information content (AvgIpc) is 2.66. The van der Waals surface area contributed by atoms with Crippen molar-refractivity contribution in [3.05, 3.63) is 50.4 Å². The van der Waals surface area contributed by atoms with Gasteiger partial charge in [-0.15, -0.1) is 0 Å². The molecule has 1 amide bonds. The van der Waals surface area contributed by atoms with E-state index in [0.717, 1.165) is 23.9 Å². The predicted molar refractivity (Wildman–Crippen MR) is 110 cm³/mol. The third kappa shape index (κ3) is 6.57. The van der Waals surface area contributed by atoms with Crippen molar-refractivity contribution < 1.29 is 14.5 Å². The number of hydrogen-bond donors (Lipinski definition) is 2. The smallest absolute Gasteiger partial charge is 0.296 e. The summed E-state index contributed by atoms with van der Waals surface area (Å²) in [6.07, 6.45) is 1.03. The lowest BCUT2D eigenvalue weighted by Crippen LogP contribution is -2.16. The lowest BCUT2D eigenvalue weighted by molar-refractivity contribution is -0.384. The maximum atomic E-state index is 12.2. The highest BCUT2D eigenvalue weighted by Gasteiger charge is 2.17. The number of nitro benzene ring substituents is 1. The fraction of sp³-hybridized carbons (Fsp3) is 0.353. The first kappa shape index (κ1) is 21.8. The number of amides is 1. The molecule has 0 aliphatic heterocycles. The second-order valence-corrected chi connectivity index (χ2v) is 7.64. The summed E-state index contributed by atoms with van der Waals surface area (Å²) in [5.41, 5.74) is 0.174. The zero-order chi connectivity index (χ0) is 20.5. The van der Waals surface area contributed by atoms with Crippen molar-refractivity contribution in [3.63, 3.8) is 0 Å². The third-order valence-electron chi connectivity index (χ3n) is 3.39. The van der Waals surface area contributed by atoms with Gasteiger partial charge in [-0.25, -0.2) is 4.98 Å². The van der Waals surface area contributed by atoms with Crippen LogP contribution in [0.25, 0.3) is 0 Å². The van der Waals surface area contributed by atoms with Gasteiger partial charge in [0.1, 0.15) is 11.4 Å². The molecule has 0 atom stereocenters. The van der Waals surface area contributed by atoms with Gasteiger partial charge in [-0.2, -0.15) is 11.8 Å². The van der Waals surface area contributed by atoms with E-state index in [1.807, 2.05) is 0 Å². The van der Waals surface area contributed by atoms with Gasteiger partial charge in [0, 0.05) is 11.8 Å². The predicted octanol–water partition coefficient (Wildman–Crippen LogP) is 3.06. The Morgan fingerprint density at radius 2 is 2.18 bits per heavy atom. The minimum absolute atomic E-state index is 0.0579. The summed E-state index contributed by atoms with van der Waals surface area (Å²) < 4.78 is 4.96. The van der Waals surface area contributed by atoms with Gasteiger partial charge < -0.3 is 15.0 Å². The standard InChI is InChI=1S/C17H20N4O5S2/c1-3-6-27-9-11-7-15(22)20-17(18-11)28-10-16(23)19-13-5-4-12(26-2)8-14(13)21(24)25/h4-5,7-8H,3,6,9-10H2,1-2H3,(H,19,23)(H,18,20,22). The second kappa shape index (κ2) is 10.7. The topological polar surface area (TPSA) is 127 Å². The number of nitrogens with zero attached hydrogens (tertiary/aromatic N) is 2. The van der Waals surface area contributed by atoms with E-state index in [0.29, 0.717) is 22.4 Å². The molecule has 1 heterocycles. The number of hydrogen-bond acceptors (Lipinski definition) is 8. The first-order valence-corrected chi connectivity index (χ1v) is 10.5. The number of carbonyl (C=O) groups excluding carboxylic acids is 1. The number of aromatic nitrogens is 2. The molecule has 0 spiro atoms. The van der Waals surface area contributed by atoms with Crippen molar-refractivity contribution in [2.75, 3.05) is 23.9 Å². The van der Waals surface area contributed by atoms with Crippen LogP contribution >= 0.6 is 23.5 Å². The van der Waals surface area contributed by atoms with Crippen LogP contribution in [-0.2, 0) is 10.5 Å². The number of ether oxygens (including phenoxy) is 1. The highest BCUT2D eigenvalue weighted by Crippen LogP contribution is 2.29. The summed E-state index contributed by atoms with van der Waals surface area (Å²) in [7, 11) is 1.40. The fourth-order valence-electron chi connectivity index (χ4n) is 2.16. The molecule has 11 heteroatoms. The first-order chi connectivity index (χ1) is 13.4. The summed E-state index contributed by atoms with van der Waals surface area (Å²) in [5.74, 6) is 1.40. The molecule has 2 N–H and O–H groups in total. The number of nitro groups is 1. The number of anilines is 1. The fourth-order valence-corrected chi connectivity index (χ4v) is 3.65. The van der Waals surface area contributed by atoms with E-state index in [4.69, 9.17) is 4.74 Å². The van der Waals surface area contributed by atoms with Gasteiger partial charge in [0.15, 0.2) is 5.16 Å². The zero-order valence-electron chi connectivity index (χ0n) is 15.4. The zero-order valence-corrected chi connectivity index (χ0v) is 17.0. The number of nitrogens with one attached hydrogen (secondary N) is 2. The molecule has 0 saturated heterocycles. The molecule has 1 aromatic heterocycles. The van der Waals surface area contributed by atoms with Crippen LogP contribution < -0.4 is 15.6 Å². The van der Waals surface area contributed by atoms with Crippen LogP contribution in [0.3, 0.4) is 0 Å². The Labute approximate surface area is 169 Å². The third-order valence-corrected chi connectivity index (χ3v) is 5.46. The molecule has 0 unspecified atom stereocenters. The highest BCUT2D eigenvalue weighted by atomic mass is 32.2. The summed E-state index contributed by atoms with van der Waals surface area (Å²) in [6, 6.07) is 5.60. The maximum Gasteiger partial charge on any atom is 0.296 e. The van der Waals surface area contributed by atoms with Crippen LogP contribution in [0.2, 0.25) is 0 Å². The summed E-state index contributed by atoms with van der Waals surface area (Å²) in [6.45, 7) is 2.07. The molecule has 0 aliphatic carbocycles. The van der Waals surface area contributed by atoms with Gasteiger partial charge in [0.2, 0.25) is 5.91 Å². The minimum Gasteiger partial charge on any atom is -0.496 e. The number of H-pyrrole nitrogens is 1. The van der Waals surface area contributed by atoms with E-state index >= 15 is 0 Å². The number of benzene rings is 1. The number of methoxy groups -OCH3 is 1. The Bertz CT molecular complexity index is 903. The number of rotatable bonds is 10. The SMILES string of the molecule is CCCSCc1cc(=O)[nH]c(SCC(=O)Nc2ccc(OC)cc2[N+](=O)[O-])n1. The van der Waals surface area contributed by atoms with Crippen LogP contribution in [-0.4, -0.2) is 39.4 Å². The molecule has 0 bridgehead atoms. The van der Waals surface area contributed by atoms with E-state index in [2.05, 4.69) is 22.2 Å². The van der Waals surface area contributed by atoms with Crippen LogP contribution in [0.4, 0.5) is 11.4 Å². The quantitative estimate of drug-likeness (QED) is 0.196. The monoisotopic (exact) mass is 424 g/mol. The van der Waals surface area contributed by atoms with Crippen molar-refractivity contribution >= 4 is 40.8 Å². The minimum atomic E-state index is -0.595. The van der Waals surface area contributed by atoms with Crippen LogP contribution in [0, 0.1) is 10.1 Å². The largest absolute Gasteiger partial charge is 0.496 e. The Kier molecular flexibility index (Phi) is 8.33. The lowest BCUT2D eigenvalue weighted by atomic mass is 10.2. The van der Waals surface area contributed by atoms with Crippen LogP contribution in [0.5, 0.6) is 5.75 Å². The van der Waals surface area contributed by atoms with E-state index in [9.17, 15) is 19.7 Å². The van der Waals surface area contributed by atoms with Crippen molar-refractivity contribution in [3.8, 4) is 5.75 Å². The molecule has 28 heavy (non-hydrogen) atoms. The second-order valence-electron chi connectivity index (χ2n) is 5.57. The summed E-state index contributed by atoms with van der Waals surface area (Å²) in [5, 5.41) is 14.0. The van der Waals surface area contributed by atoms with Gasteiger partial charge in [0.05, 0.1) is 29.5 Å². The van der Waals surface area contributed by atoms with Crippen molar-refractivity contribution in [1.29, 1.82) is 0 Å². The van der Waals surface area contributed by atoms with E-state index in [1.54, 1.807) is 11.8 Å². The van der Waals surface area contributed by atoms with Gasteiger partial charge in [0.25, 0.3) is 11.2 Å². The van der Waals surface area contributed by atoms with Gasteiger partial charge in [-0.3, -0.25) is 19.7 Å². The van der Waals surface area contributed by atoms with Gasteiger partial charge in [-0.1, -0.05) is 18.7 Å². The molecular formula is C17H20N4O5S2. The Balaban J connectivity index is 2.01. The van der Waals surface area contributed by atoms with Crippen molar-refractivity contribution in [2.45, 2.75) is 24.3 Å². The molecule has 2 aromatic rings. The van der Waals surface area contributed by atoms with Crippen molar-refractivity contribution in [1.82, 2.24) is 9.97 Å². The molecule has 0 radical (unpaired) electrons. The lowest BCUT2D eigenvalue weighted by Gasteiger charge is -2.08. The Morgan fingerprint density at radius 1 is 1.39 bits per heavy atom. The molecule has 0 aliphatic rings. The van der Waals surface area contributed by atoms with E-state index in [-0.39, 0.29) is 22.7 Å². The summed E-state index contributed by atoms with van der Waals surface area (Å²) >= 11 is 2.73. The van der Waals surface area contributed by atoms with Gasteiger partial charge in [-0.05, 0) is 24.3 Å². The Hall–Kier alpha value is -2.53. The maximum absolute atomic E-state index is 12.2. The highest BCUT2D eigenvalue weighted by molar-refractivity contribution is 7.99. The van der Waals surface area contributed by atoms with Crippen LogP contribution in [0.15, 0.2) is 34.2 Å². The van der Waals surface area contributed by atoms with Crippen LogP contribution in [0.1, 0.15) is 19.0 Å². The number of carbonyl (C=O) groups is 1. The normalized spacial score (nSPS) is 10.5. The molecule has 0 saturated carbocycles. The first-order valence-electron chi connectivity index (χ1n) is 8.36. The number of aromatic amines is 1. The molecule has 1 aromatic carbocycles. The van der Waals surface area contributed by atoms with Crippen molar-refractivity contribution in [2.24, 2.45) is 0 Å². The summed E-state index contributed by atoms with van der Waals surface area (Å²) in [4.78, 5) is 41.4. The molecule has 150 valence electrons. The van der Waals surface area contributed by atoms with Gasteiger partial charge >= 0.3 is 0 Å². The molecule has 9 nitrogen and oxygen atoms in total. The Morgan fingerprint density at radius 3 is 2.86 bits per heavy atom.